The molecular formula is C30H26FN7O3. The fourth-order valence-electron chi connectivity index (χ4n) is 4.16. The maximum atomic E-state index is 14.3. The molecule has 0 spiro atoms. The molecule has 1 aromatic carbocycles. The first-order chi connectivity index (χ1) is 19.6. The van der Waals surface area contributed by atoms with Gasteiger partial charge in [0.05, 0.1) is 52.1 Å². The Labute approximate surface area is 234 Å². The summed E-state index contributed by atoms with van der Waals surface area (Å²) < 4.78 is 17.5. The van der Waals surface area contributed by atoms with Crippen LogP contribution in [0.15, 0.2) is 90.1 Å². The molecular weight excluding hydrogens is 525 g/mol. The standard InChI is InChI=1S/C30H26FN7O3/c1-30(2,41)27(31)18-34-29(40)23-17-33-25(26-11-10-22-13-19(15-32)16-35-38(22)26)14-24(23)36-20-6-8-21(9-7-20)37-12-4-3-5-28(37)39/h3-14,16-17,27,41H,18H2,1-2H3,(H,33,36)(H,34,40)/t27-/m1/s1. The van der Waals surface area contributed by atoms with E-state index in [-0.39, 0.29) is 11.1 Å². The van der Waals surface area contributed by atoms with E-state index in [0.29, 0.717) is 39.5 Å². The number of carbonyl (C=O) groups is 1. The number of halogens is 1. The lowest BCUT2D eigenvalue weighted by Gasteiger charge is -2.22. The van der Waals surface area contributed by atoms with Crippen LogP contribution in [0.2, 0.25) is 0 Å². The van der Waals surface area contributed by atoms with Crippen molar-refractivity contribution in [1.29, 1.82) is 5.26 Å². The summed E-state index contributed by atoms with van der Waals surface area (Å²) in [6.07, 6.45) is 2.82. The van der Waals surface area contributed by atoms with E-state index < -0.39 is 24.2 Å². The minimum absolute atomic E-state index is 0.153. The molecule has 0 unspecified atom stereocenters. The summed E-state index contributed by atoms with van der Waals surface area (Å²) in [6.45, 7) is 2.27. The predicted octanol–water partition coefficient (Wildman–Crippen LogP) is 4.00. The molecule has 0 aliphatic rings. The molecule has 0 radical (unpaired) electrons. The van der Waals surface area contributed by atoms with Crippen LogP contribution in [0.5, 0.6) is 0 Å². The van der Waals surface area contributed by atoms with Crippen LogP contribution in [0.25, 0.3) is 22.6 Å². The van der Waals surface area contributed by atoms with Crippen molar-refractivity contribution >= 4 is 22.8 Å². The van der Waals surface area contributed by atoms with Gasteiger partial charge in [-0.1, -0.05) is 6.07 Å². The number of nitriles is 1. The van der Waals surface area contributed by atoms with Crippen LogP contribution < -0.4 is 16.2 Å². The summed E-state index contributed by atoms with van der Waals surface area (Å²) >= 11 is 0. The van der Waals surface area contributed by atoms with Crippen molar-refractivity contribution in [2.24, 2.45) is 0 Å². The Morgan fingerprint density at radius 2 is 1.90 bits per heavy atom. The largest absolute Gasteiger partial charge is 0.387 e. The molecule has 10 nitrogen and oxygen atoms in total. The van der Waals surface area contributed by atoms with Crippen molar-refractivity contribution in [1.82, 2.24) is 24.5 Å². The number of fused-ring (bicyclic) bond motifs is 1. The molecule has 1 amide bonds. The lowest BCUT2D eigenvalue weighted by molar-refractivity contribution is -0.00177. The van der Waals surface area contributed by atoms with E-state index in [1.807, 2.05) is 0 Å². The Bertz CT molecular complexity index is 1830. The molecule has 4 heterocycles. The lowest BCUT2D eigenvalue weighted by Crippen LogP contribution is -2.42. The van der Waals surface area contributed by atoms with Crippen LogP contribution >= 0.6 is 0 Å². The van der Waals surface area contributed by atoms with Gasteiger partial charge in [0, 0.05) is 29.8 Å². The summed E-state index contributed by atoms with van der Waals surface area (Å²) in [5.74, 6) is -0.581. The number of alkyl halides is 1. The maximum absolute atomic E-state index is 14.3. The van der Waals surface area contributed by atoms with Gasteiger partial charge >= 0.3 is 0 Å². The van der Waals surface area contributed by atoms with E-state index in [0.717, 1.165) is 0 Å². The molecule has 206 valence electrons. The fraction of sp³-hybridized carbons (Fsp3) is 0.167. The third-order valence-electron chi connectivity index (χ3n) is 6.50. The number of aromatic nitrogens is 4. The molecule has 11 heteroatoms. The van der Waals surface area contributed by atoms with Crippen LogP contribution in [-0.4, -0.2) is 48.5 Å². The Hall–Kier alpha value is -5.34. The number of rotatable bonds is 8. The third kappa shape index (κ3) is 5.83. The molecule has 0 bridgehead atoms. The Balaban J connectivity index is 1.50. The number of nitrogens with zero attached hydrogens (tertiary/aromatic N) is 5. The average Bonchev–Trinajstić information content (AvgIpc) is 3.39. The smallest absolute Gasteiger partial charge is 0.255 e. The number of hydrogen-bond donors (Lipinski definition) is 3. The summed E-state index contributed by atoms with van der Waals surface area (Å²) in [5, 5.41) is 29.2. The minimum Gasteiger partial charge on any atom is -0.387 e. The second kappa shape index (κ2) is 11.0. The predicted molar refractivity (Wildman–Crippen MR) is 152 cm³/mol. The molecule has 1 atom stereocenters. The second-order valence-electron chi connectivity index (χ2n) is 9.94. The summed E-state index contributed by atoms with van der Waals surface area (Å²) in [7, 11) is 0. The van der Waals surface area contributed by atoms with Gasteiger partial charge in [-0.3, -0.25) is 19.1 Å². The van der Waals surface area contributed by atoms with Crippen molar-refractivity contribution in [3.63, 3.8) is 0 Å². The van der Waals surface area contributed by atoms with E-state index in [1.165, 1.54) is 36.9 Å². The van der Waals surface area contributed by atoms with Gasteiger partial charge in [-0.15, -0.1) is 0 Å². The van der Waals surface area contributed by atoms with Crippen molar-refractivity contribution in [3.05, 3.63) is 107 Å². The van der Waals surface area contributed by atoms with Crippen LogP contribution in [-0.2, 0) is 0 Å². The first-order valence-electron chi connectivity index (χ1n) is 12.7. The highest BCUT2D eigenvalue weighted by molar-refractivity contribution is 6.00. The highest BCUT2D eigenvalue weighted by atomic mass is 19.1. The third-order valence-corrected chi connectivity index (χ3v) is 6.50. The van der Waals surface area contributed by atoms with Crippen molar-refractivity contribution < 1.29 is 14.3 Å². The normalized spacial score (nSPS) is 12.1. The molecule has 0 fully saturated rings. The van der Waals surface area contributed by atoms with Gasteiger partial charge in [0.2, 0.25) is 0 Å². The average molecular weight is 552 g/mol. The number of pyridine rings is 2. The van der Waals surface area contributed by atoms with Crippen LogP contribution in [0.1, 0.15) is 29.8 Å². The van der Waals surface area contributed by atoms with Gasteiger partial charge < -0.3 is 15.7 Å². The summed E-state index contributed by atoms with van der Waals surface area (Å²) in [6, 6.07) is 21.0. The van der Waals surface area contributed by atoms with Gasteiger partial charge in [0.1, 0.15) is 12.2 Å². The number of amides is 1. The monoisotopic (exact) mass is 551 g/mol. The number of anilines is 2. The molecule has 41 heavy (non-hydrogen) atoms. The first-order valence-corrected chi connectivity index (χ1v) is 12.7. The number of hydrogen-bond acceptors (Lipinski definition) is 7. The zero-order chi connectivity index (χ0) is 29.1. The van der Waals surface area contributed by atoms with E-state index in [1.54, 1.807) is 71.4 Å². The quantitative estimate of drug-likeness (QED) is 0.265. The highest BCUT2D eigenvalue weighted by Gasteiger charge is 2.27. The van der Waals surface area contributed by atoms with E-state index in [2.05, 4.69) is 26.8 Å². The van der Waals surface area contributed by atoms with Crippen LogP contribution in [0.3, 0.4) is 0 Å². The van der Waals surface area contributed by atoms with Gasteiger partial charge in [0.15, 0.2) is 0 Å². The molecule has 0 saturated heterocycles. The molecule has 5 aromatic rings. The molecule has 3 N–H and O–H groups in total. The zero-order valence-corrected chi connectivity index (χ0v) is 22.2. The summed E-state index contributed by atoms with van der Waals surface area (Å²) in [4.78, 5) is 29.8. The van der Waals surface area contributed by atoms with Crippen molar-refractivity contribution in [2.45, 2.75) is 25.6 Å². The lowest BCUT2D eigenvalue weighted by atomic mass is 10.0. The Kier molecular flexibility index (Phi) is 7.33. The van der Waals surface area contributed by atoms with Gasteiger partial charge in [-0.25, -0.2) is 8.91 Å². The van der Waals surface area contributed by atoms with Gasteiger partial charge in [-0.2, -0.15) is 10.4 Å². The van der Waals surface area contributed by atoms with Crippen LogP contribution in [0, 0.1) is 11.3 Å². The summed E-state index contributed by atoms with van der Waals surface area (Å²) in [5.41, 5.74) is 2.29. The van der Waals surface area contributed by atoms with Crippen molar-refractivity contribution in [2.75, 3.05) is 11.9 Å². The molecule has 4 aromatic heterocycles. The van der Waals surface area contributed by atoms with Gasteiger partial charge in [0.25, 0.3) is 11.5 Å². The SMILES string of the molecule is CC(C)(O)[C@H](F)CNC(=O)c1cnc(-c2ccc3cc(C#N)cnn23)cc1Nc1ccc(-n2ccccc2=O)cc1. The first kappa shape index (κ1) is 27.2. The van der Waals surface area contributed by atoms with Crippen molar-refractivity contribution in [3.8, 4) is 23.1 Å². The zero-order valence-electron chi connectivity index (χ0n) is 22.2. The minimum atomic E-state index is -1.68. The van der Waals surface area contributed by atoms with E-state index >= 15 is 0 Å². The Morgan fingerprint density at radius 1 is 1.12 bits per heavy atom. The Morgan fingerprint density at radius 3 is 2.61 bits per heavy atom. The molecule has 5 rings (SSSR count). The fourth-order valence-corrected chi connectivity index (χ4v) is 4.16. The number of nitrogens with one attached hydrogen (secondary N) is 2. The maximum Gasteiger partial charge on any atom is 0.255 e. The number of carbonyl (C=O) groups excluding carboxylic acids is 1. The highest BCUT2D eigenvalue weighted by Crippen LogP contribution is 2.28. The molecule has 0 aliphatic heterocycles. The molecule has 0 saturated carbocycles. The van der Waals surface area contributed by atoms with E-state index in [4.69, 9.17) is 0 Å². The topological polar surface area (TPSA) is 137 Å². The van der Waals surface area contributed by atoms with Crippen LogP contribution in [0.4, 0.5) is 15.8 Å². The second-order valence-corrected chi connectivity index (χ2v) is 9.94. The number of benzene rings is 1. The van der Waals surface area contributed by atoms with E-state index in [9.17, 15) is 24.3 Å². The molecule has 0 aliphatic carbocycles. The van der Waals surface area contributed by atoms with Gasteiger partial charge in [-0.05, 0) is 68.4 Å². The number of aliphatic hydroxyl groups is 1.